The van der Waals surface area contributed by atoms with Crippen LogP contribution >= 0.6 is 11.8 Å². The number of ether oxygens (including phenoxy) is 1. The number of nitrogens with zero attached hydrogens (tertiary/aromatic N) is 3. The molecule has 0 fully saturated rings. The van der Waals surface area contributed by atoms with Gasteiger partial charge in [0, 0.05) is 17.8 Å². The molecule has 0 radical (unpaired) electrons. The standard InChI is InChI=1S/C29H30N4O3S/c1-4-6-18-37-29-30-27(35)26-22-13-9-10-14-23(22)32(19(3)34)28(33(26)31-29)25-21-12-8-7-11-20(21)15-16-24(25)36-17-5-2/h7-16,28H,4-6,17-18H2,1-3H3/p+1. The Morgan fingerprint density at radius 3 is 2.65 bits per heavy atom. The number of nitrogens with one attached hydrogen (secondary N) is 1. The van der Waals surface area contributed by atoms with Crippen LogP contribution in [0.25, 0.3) is 22.0 Å². The van der Waals surface area contributed by atoms with Gasteiger partial charge in [-0.3, -0.25) is 14.6 Å². The molecule has 1 aromatic heterocycles. The summed E-state index contributed by atoms with van der Waals surface area (Å²) in [5, 5.41) is 7.44. The van der Waals surface area contributed by atoms with Gasteiger partial charge in [0.15, 0.2) is 0 Å². The second-order valence-corrected chi connectivity index (χ2v) is 10.2. The summed E-state index contributed by atoms with van der Waals surface area (Å²) >= 11 is 1.52. The van der Waals surface area contributed by atoms with Crippen LogP contribution in [-0.4, -0.2) is 28.3 Å². The monoisotopic (exact) mass is 515 g/mol. The summed E-state index contributed by atoms with van der Waals surface area (Å²) in [6, 6.07) is 19.5. The normalized spacial score (nSPS) is 14.4. The molecule has 0 bridgehead atoms. The molecule has 1 atom stereocenters. The predicted molar refractivity (Wildman–Crippen MR) is 147 cm³/mol. The third-order valence-corrected chi connectivity index (χ3v) is 7.43. The number of thioether (sulfide) groups is 1. The van der Waals surface area contributed by atoms with Gasteiger partial charge in [-0.05, 0) is 46.5 Å². The average molecular weight is 516 g/mol. The van der Waals surface area contributed by atoms with E-state index in [4.69, 9.17) is 9.84 Å². The number of benzene rings is 3. The van der Waals surface area contributed by atoms with Crippen molar-refractivity contribution in [3.05, 3.63) is 76.6 Å². The third kappa shape index (κ3) is 4.62. The molecule has 0 aliphatic carbocycles. The highest BCUT2D eigenvalue weighted by atomic mass is 32.2. The molecule has 1 unspecified atom stereocenters. The van der Waals surface area contributed by atoms with Gasteiger partial charge in [-0.15, -0.1) is 0 Å². The second-order valence-electron chi connectivity index (χ2n) is 9.08. The van der Waals surface area contributed by atoms with Crippen LogP contribution in [0.4, 0.5) is 5.69 Å². The Balaban J connectivity index is 1.84. The minimum atomic E-state index is -0.701. The number of H-pyrrole nitrogens is 1. The molecule has 37 heavy (non-hydrogen) atoms. The number of aromatic amines is 1. The SMILES string of the molecule is CCCCSc1n[n+]2c(c(=O)[nH]1)-c1ccccc1N(C(C)=O)C2c1c(OCCC)ccc2ccccc12. The second kappa shape index (κ2) is 10.8. The van der Waals surface area contributed by atoms with Crippen molar-refractivity contribution in [1.29, 1.82) is 0 Å². The number of carbonyl (C=O) groups is 1. The fraction of sp³-hybridized carbons (Fsp3) is 0.310. The Bertz CT molecular complexity index is 1520. The number of fused-ring (bicyclic) bond motifs is 4. The lowest BCUT2D eigenvalue weighted by atomic mass is 9.96. The van der Waals surface area contributed by atoms with Crippen molar-refractivity contribution in [1.82, 2.24) is 10.1 Å². The van der Waals surface area contributed by atoms with Crippen molar-refractivity contribution < 1.29 is 14.2 Å². The Hall–Kier alpha value is -3.65. The lowest BCUT2D eigenvalue weighted by Crippen LogP contribution is -2.60. The maximum absolute atomic E-state index is 13.6. The van der Waals surface area contributed by atoms with Crippen LogP contribution < -0.4 is 19.9 Å². The van der Waals surface area contributed by atoms with Crippen LogP contribution in [0.5, 0.6) is 5.75 Å². The number of anilines is 1. The molecule has 0 spiro atoms. The van der Waals surface area contributed by atoms with Gasteiger partial charge in [0.1, 0.15) is 5.75 Å². The number of amides is 1. The molecule has 3 aromatic carbocycles. The van der Waals surface area contributed by atoms with Crippen LogP contribution in [0, 0.1) is 0 Å². The van der Waals surface area contributed by atoms with Gasteiger partial charge in [0.05, 0.1) is 23.4 Å². The van der Waals surface area contributed by atoms with Gasteiger partial charge in [-0.25, -0.2) is 4.90 Å². The Labute approximate surface area is 220 Å². The van der Waals surface area contributed by atoms with Crippen molar-refractivity contribution in [3.63, 3.8) is 0 Å². The van der Waals surface area contributed by atoms with E-state index in [1.807, 2.05) is 60.7 Å². The highest BCUT2D eigenvalue weighted by Gasteiger charge is 2.46. The Morgan fingerprint density at radius 2 is 1.86 bits per heavy atom. The van der Waals surface area contributed by atoms with Gasteiger partial charge >= 0.3 is 11.3 Å². The van der Waals surface area contributed by atoms with Gasteiger partial charge in [0.25, 0.3) is 6.17 Å². The summed E-state index contributed by atoms with van der Waals surface area (Å²) in [6.07, 6.45) is 2.21. The largest absolute Gasteiger partial charge is 0.493 e. The molecular formula is C29H31N4O3S+. The van der Waals surface area contributed by atoms with E-state index in [-0.39, 0.29) is 11.5 Å². The zero-order valence-electron chi connectivity index (χ0n) is 21.4. The zero-order chi connectivity index (χ0) is 25.9. The van der Waals surface area contributed by atoms with E-state index in [0.717, 1.165) is 41.4 Å². The smallest absolute Gasteiger partial charge is 0.325 e. The summed E-state index contributed by atoms with van der Waals surface area (Å²) in [6.45, 7) is 6.28. The van der Waals surface area contributed by atoms with Gasteiger partial charge < -0.3 is 4.74 Å². The van der Waals surface area contributed by atoms with E-state index in [2.05, 4.69) is 18.8 Å². The fourth-order valence-corrected chi connectivity index (χ4v) is 5.77. The quantitative estimate of drug-likeness (QED) is 0.191. The number of carbonyl (C=O) groups excluding carboxylic acids is 1. The summed E-state index contributed by atoms with van der Waals surface area (Å²) in [5.74, 6) is 1.37. The highest BCUT2D eigenvalue weighted by molar-refractivity contribution is 7.99. The number of para-hydroxylation sites is 1. The van der Waals surface area contributed by atoms with Crippen molar-refractivity contribution in [2.24, 2.45) is 0 Å². The number of hydrogen-bond donors (Lipinski definition) is 1. The summed E-state index contributed by atoms with van der Waals surface area (Å²) in [5.41, 5.74) is 2.35. The first-order chi connectivity index (χ1) is 18.0. The van der Waals surface area contributed by atoms with Crippen LogP contribution in [0.1, 0.15) is 51.8 Å². The zero-order valence-corrected chi connectivity index (χ0v) is 22.2. The molecule has 1 amide bonds. The van der Waals surface area contributed by atoms with Gasteiger partial charge in [0.2, 0.25) is 11.1 Å². The van der Waals surface area contributed by atoms with E-state index < -0.39 is 6.17 Å². The van der Waals surface area contributed by atoms with Crippen LogP contribution in [0.2, 0.25) is 0 Å². The van der Waals surface area contributed by atoms with E-state index in [1.54, 1.807) is 16.5 Å². The van der Waals surface area contributed by atoms with E-state index in [9.17, 15) is 9.59 Å². The first-order valence-electron chi connectivity index (χ1n) is 12.8. The molecule has 1 aliphatic rings. The molecule has 190 valence electrons. The van der Waals surface area contributed by atoms with Gasteiger partial charge in [-0.1, -0.05) is 74.5 Å². The molecule has 4 aromatic rings. The minimum Gasteiger partial charge on any atom is -0.493 e. The minimum absolute atomic E-state index is 0.146. The molecule has 1 aliphatic heterocycles. The van der Waals surface area contributed by atoms with E-state index in [0.29, 0.717) is 34.5 Å². The number of aromatic nitrogens is 3. The molecule has 8 heteroatoms. The number of rotatable bonds is 8. The molecule has 7 nitrogen and oxygen atoms in total. The first-order valence-corrected chi connectivity index (χ1v) is 13.8. The maximum Gasteiger partial charge on any atom is 0.325 e. The Morgan fingerprint density at radius 1 is 1.08 bits per heavy atom. The van der Waals surface area contributed by atoms with Crippen LogP contribution in [-0.2, 0) is 4.79 Å². The number of unbranched alkanes of at least 4 members (excludes halogenated alkanes) is 1. The fourth-order valence-electron chi connectivity index (χ4n) is 4.83. The van der Waals surface area contributed by atoms with Crippen molar-refractivity contribution >= 4 is 34.1 Å². The number of hydrogen-bond acceptors (Lipinski definition) is 5. The van der Waals surface area contributed by atoms with E-state index >= 15 is 0 Å². The third-order valence-electron chi connectivity index (χ3n) is 6.48. The average Bonchev–Trinajstić information content (AvgIpc) is 2.90. The van der Waals surface area contributed by atoms with Gasteiger partial charge in [-0.2, -0.15) is 0 Å². The molecule has 5 rings (SSSR count). The predicted octanol–water partition coefficient (Wildman–Crippen LogP) is 5.47. The van der Waals surface area contributed by atoms with Crippen LogP contribution in [0.3, 0.4) is 0 Å². The summed E-state index contributed by atoms with van der Waals surface area (Å²) < 4.78 is 7.97. The maximum atomic E-state index is 13.6. The Kier molecular flexibility index (Phi) is 7.28. The molecule has 0 saturated heterocycles. The molecule has 2 heterocycles. The molecule has 1 N–H and O–H groups in total. The lowest BCUT2D eigenvalue weighted by Gasteiger charge is -2.32. The van der Waals surface area contributed by atoms with Crippen molar-refractivity contribution in [3.8, 4) is 17.0 Å². The first kappa shape index (κ1) is 25.0. The molecule has 0 saturated carbocycles. The van der Waals surface area contributed by atoms with Crippen LogP contribution in [0.15, 0.2) is 70.6 Å². The highest BCUT2D eigenvalue weighted by Crippen LogP contribution is 2.42. The lowest BCUT2D eigenvalue weighted by molar-refractivity contribution is -0.763. The topological polar surface area (TPSA) is 79.2 Å². The van der Waals surface area contributed by atoms with E-state index in [1.165, 1.54) is 11.8 Å². The molecular weight excluding hydrogens is 484 g/mol. The van der Waals surface area contributed by atoms with Crippen molar-refractivity contribution in [2.45, 2.75) is 51.4 Å². The van der Waals surface area contributed by atoms with Crippen molar-refractivity contribution in [2.75, 3.05) is 17.3 Å². The summed E-state index contributed by atoms with van der Waals surface area (Å²) in [4.78, 5) is 31.6. The summed E-state index contributed by atoms with van der Waals surface area (Å²) in [7, 11) is 0.